The van der Waals surface area contributed by atoms with E-state index in [1.165, 1.54) is 0 Å². The number of hydrogen-bond acceptors (Lipinski definition) is 3. The first kappa shape index (κ1) is 11.7. The van der Waals surface area contributed by atoms with E-state index in [0.717, 1.165) is 5.56 Å². The van der Waals surface area contributed by atoms with Crippen molar-refractivity contribution >= 4 is 0 Å². The molecule has 0 saturated carbocycles. The second kappa shape index (κ2) is 5.03. The zero-order valence-electron chi connectivity index (χ0n) is 9.84. The van der Waals surface area contributed by atoms with Gasteiger partial charge in [0.2, 0.25) is 0 Å². The van der Waals surface area contributed by atoms with Crippen LogP contribution in [0.15, 0.2) is 42.5 Å². The van der Waals surface area contributed by atoms with Crippen LogP contribution in [0.3, 0.4) is 0 Å². The third-order valence-corrected chi connectivity index (χ3v) is 2.68. The molecule has 0 aliphatic rings. The van der Waals surface area contributed by atoms with Crippen LogP contribution in [-0.2, 0) is 0 Å². The molecule has 0 aliphatic heterocycles. The van der Waals surface area contributed by atoms with Crippen molar-refractivity contribution in [1.29, 1.82) is 10.5 Å². The molecule has 0 amide bonds. The summed E-state index contributed by atoms with van der Waals surface area (Å²) in [7, 11) is 1.55. The monoisotopic (exact) mass is 234 g/mol. The summed E-state index contributed by atoms with van der Waals surface area (Å²) >= 11 is 0. The molecule has 0 radical (unpaired) electrons. The molecule has 3 heteroatoms. The average Bonchev–Trinajstić information content (AvgIpc) is 2.46. The molecule has 0 unspecified atom stereocenters. The van der Waals surface area contributed by atoms with Crippen LogP contribution in [0.4, 0.5) is 0 Å². The van der Waals surface area contributed by atoms with Gasteiger partial charge >= 0.3 is 0 Å². The number of nitrogens with zero attached hydrogens (tertiary/aromatic N) is 2. The van der Waals surface area contributed by atoms with Crippen molar-refractivity contribution in [1.82, 2.24) is 0 Å². The average molecular weight is 234 g/mol. The van der Waals surface area contributed by atoms with Gasteiger partial charge < -0.3 is 4.74 Å². The molecule has 3 nitrogen and oxygen atoms in total. The van der Waals surface area contributed by atoms with E-state index in [4.69, 9.17) is 10.00 Å². The maximum absolute atomic E-state index is 9.25. The van der Waals surface area contributed by atoms with Crippen molar-refractivity contribution in [3.63, 3.8) is 0 Å². The van der Waals surface area contributed by atoms with Crippen LogP contribution in [0.2, 0.25) is 0 Å². The first-order chi connectivity index (χ1) is 8.81. The van der Waals surface area contributed by atoms with Crippen LogP contribution in [0, 0.1) is 22.7 Å². The Morgan fingerprint density at radius 3 is 2.22 bits per heavy atom. The van der Waals surface area contributed by atoms with E-state index in [-0.39, 0.29) is 0 Å². The van der Waals surface area contributed by atoms with E-state index in [1.807, 2.05) is 36.4 Å². The Morgan fingerprint density at radius 2 is 1.67 bits per heavy atom. The highest BCUT2D eigenvalue weighted by molar-refractivity contribution is 5.79. The predicted molar refractivity (Wildman–Crippen MR) is 67.9 cm³/mol. The fourth-order valence-electron chi connectivity index (χ4n) is 1.85. The van der Waals surface area contributed by atoms with Crippen molar-refractivity contribution in [3.05, 3.63) is 53.6 Å². The van der Waals surface area contributed by atoms with E-state index in [1.54, 1.807) is 19.2 Å². The van der Waals surface area contributed by atoms with Crippen LogP contribution >= 0.6 is 0 Å². The van der Waals surface area contributed by atoms with Crippen molar-refractivity contribution in [3.8, 4) is 29.0 Å². The van der Waals surface area contributed by atoms with Gasteiger partial charge in [0.1, 0.15) is 17.9 Å². The minimum absolute atomic E-state index is 0.350. The fraction of sp³-hybridized carbons (Fsp3) is 0.0667. The third kappa shape index (κ3) is 1.90. The summed E-state index contributed by atoms with van der Waals surface area (Å²) in [5.41, 5.74) is 2.24. The Bertz CT molecular complexity index is 649. The first-order valence-electron chi connectivity index (χ1n) is 5.38. The molecule has 2 aromatic carbocycles. The fourth-order valence-corrected chi connectivity index (χ4v) is 1.85. The van der Waals surface area contributed by atoms with Gasteiger partial charge in [-0.1, -0.05) is 30.3 Å². The Kier molecular flexibility index (Phi) is 3.27. The molecule has 18 heavy (non-hydrogen) atoms. The molecular formula is C15H10N2O. The standard InChI is InChI=1S/C15H10N2O/c1-18-14-8-7-12(9-16)13(10-17)15(14)11-5-3-2-4-6-11/h2-8H,1H3. The van der Waals surface area contributed by atoms with Crippen LogP contribution in [0.25, 0.3) is 11.1 Å². The highest BCUT2D eigenvalue weighted by atomic mass is 16.5. The normalized spacial score (nSPS) is 9.28. The van der Waals surface area contributed by atoms with Crippen molar-refractivity contribution in [2.45, 2.75) is 0 Å². The molecule has 2 rings (SSSR count). The van der Waals surface area contributed by atoms with Gasteiger partial charge in [0, 0.05) is 5.56 Å². The lowest BCUT2D eigenvalue weighted by molar-refractivity contribution is 0.416. The van der Waals surface area contributed by atoms with Gasteiger partial charge in [-0.3, -0.25) is 0 Å². The van der Waals surface area contributed by atoms with E-state index in [9.17, 15) is 5.26 Å². The summed E-state index contributed by atoms with van der Waals surface area (Å²) in [5, 5.41) is 18.3. The molecule has 0 atom stereocenters. The van der Waals surface area contributed by atoms with Crippen LogP contribution in [0.1, 0.15) is 11.1 Å². The van der Waals surface area contributed by atoms with E-state index >= 15 is 0 Å². The summed E-state index contributed by atoms with van der Waals surface area (Å²) in [5.74, 6) is 0.594. The molecule has 86 valence electrons. The number of rotatable bonds is 2. The SMILES string of the molecule is COc1ccc(C#N)c(C#N)c1-c1ccccc1. The van der Waals surface area contributed by atoms with Crippen LogP contribution in [0.5, 0.6) is 5.75 Å². The van der Waals surface area contributed by atoms with Gasteiger partial charge in [-0.05, 0) is 17.7 Å². The van der Waals surface area contributed by atoms with Crippen LogP contribution in [-0.4, -0.2) is 7.11 Å². The number of methoxy groups -OCH3 is 1. The maximum Gasteiger partial charge on any atom is 0.128 e. The molecule has 0 spiro atoms. The van der Waals surface area contributed by atoms with E-state index in [2.05, 4.69) is 6.07 Å². The topological polar surface area (TPSA) is 56.8 Å². The molecular weight excluding hydrogens is 224 g/mol. The Labute approximate surface area is 105 Å². The lowest BCUT2D eigenvalue weighted by Gasteiger charge is -2.11. The second-order valence-corrected chi connectivity index (χ2v) is 3.66. The van der Waals surface area contributed by atoms with Crippen molar-refractivity contribution in [2.75, 3.05) is 7.11 Å². The minimum atomic E-state index is 0.350. The highest BCUT2D eigenvalue weighted by Gasteiger charge is 2.15. The molecule has 0 N–H and O–H groups in total. The summed E-state index contributed by atoms with van der Waals surface area (Å²) in [4.78, 5) is 0. The smallest absolute Gasteiger partial charge is 0.128 e. The summed E-state index contributed by atoms with van der Waals surface area (Å²) < 4.78 is 5.28. The number of benzene rings is 2. The highest BCUT2D eigenvalue weighted by Crippen LogP contribution is 2.34. The Morgan fingerprint density at radius 1 is 0.944 bits per heavy atom. The largest absolute Gasteiger partial charge is 0.496 e. The summed E-state index contributed by atoms with van der Waals surface area (Å²) in [6, 6.07) is 16.9. The van der Waals surface area contributed by atoms with E-state index in [0.29, 0.717) is 22.4 Å². The van der Waals surface area contributed by atoms with Crippen molar-refractivity contribution in [2.24, 2.45) is 0 Å². The molecule has 2 aromatic rings. The quantitative estimate of drug-likeness (QED) is 0.802. The number of hydrogen-bond donors (Lipinski definition) is 0. The lowest BCUT2D eigenvalue weighted by atomic mass is 9.95. The Balaban J connectivity index is 2.80. The molecule has 0 aliphatic carbocycles. The number of nitriles is 2. The predicted octanol–water partition coefficient (Wildman–Crippen LogP) is 3.11. The third-order valence-electron chi connectivity index (χ3n) is 2.68. The second-order valence-electron chi connectivity index (χ2n) is 3.66. The van der Waals surface area contributed by atoms with E-state index < -0.39 is 0 Å². The van der Waals surface area contributed by atoms with Gasteiger partial charge in [-0.2, -0.15) is 10.5 Å². The maximum atomic E-state index is 9.25. The van der Waals surface area contributed by atoms with Gasteiger partial charge in [0.05, 0.1) is 18.2 Å². The summed E-state index contributed by atoms with van der Waals surface area (Å²) in [6.07, 6.45) is 0. The molecule has 0 bridgehead atoms. The molecule has 0 heterocycles. The van der Waals surface area contributed by atoms with Gasteiger partial charge in [0.15, 0.2) is 0 Å². The van der Waals surface area contributed by atoms with Gasteiger partial charge in [-0.25, -0.2) is 0 Å². The van der Waals surface area contributed by atoms with Gasteiger partial charge in [-0.15, -0.1) is 0 Å². The van der Waals surface area contributed by atoms with Crippen molar-refractivity contribution < 1.29 is 4.74 Å². The summed E-state index contributed by atoms with van der Waals surface area (Å²) in [6.45, 7) is 0. The Hall–Kier alpha value is -2.78. The minimum Gasteiger partial charge on any atom is -0.496 e. The molecule has 0 fully saturated rings. The number of ether oxygens (including phenoxy) is 1. The molecule has 0 saturated heterocycles. The molecule has 0 aromatic heterocycles. The van der Waals surface area contributed by atoms with Gasteiger partial charge in [0.25, 0.3) is 0 Å². The zero-order chi connectivity index (χ0) is 13.0. The first-order valence-corrected chi connectivity index (χ1v) is 5.38. The van der Waals surface area contributed by atoms with Crippen LogP contribution < -0.4 is 4.74 Å². The lowest BCUT2D eigenvalue weighted by Crippen LogP contribution is -1.94. The zero-order valence-corrected chi connectivity index (χ0v) is 9.84.